The lowest BCUT2D eigenvalue weighted by Gasteiger charge is -2.22. The van der Waals surface area contributed by atoms with E-state index in [0.29, 0.717) is 5.69 Å². The molecule has 0 saturated carbocycles. The summed E-state index contributed by atoms with van der Waals surface area (Å²) in [7, 11) is 0. The highest BCUT2D eigenvalue weighted by Gasteiger charge is 2.15. The average molecular weight is 250 g/mol. The number of nitrogens with one attached hydrogen (secondary N) is 1. The smallest absolute Gasteiger partial charge is 0.270 e. The molecule has 0 atom stereocenters. The van der Waals surface area contributed by atoms with E-state index in [2.05, 4.69) is 18.8 Å². The van der Waals surface area contributed by atoms with Gasteiger partial charge >= 0.3 is 0 Å². The molecule has 0 spiro atoms. The zero-order valence-electron chi connectivity index (χ0n) is 11.2. The second-order valence-electron chi connectivity index (χ2n) is 4.43. The van der Waals surface area contributed by atoms with Crippen LogP contribution in [0, 0.1) is 0 Å². The molecule has 0 aliphatic carbocycles. The van der Waals surface area contributed by atoms with Gasteiger partial charge in [0.1, 0.15) is 5.69 Å². The van der Waals surface area contributed by atoms with Gasteiger partial charge in [-0.15, -0.1) is 0 Å². The Kier molecular flexibility index (Phi) is 6.19. The largest absolute Gasteiger partial charge is 0.337 e. The number of aromatic amines is 1. The van der Waals surface area contributed by atoms with Crippen LogP contribution in [-0.4, -0.2) is 28.9 Å². The quantitative estimate of drug-likeness (QED) is 0.808. The molecule has 0 radical (unpaired) electrons. The Balaban J connectivity index is 2.77. The Bertz CT molecular complexity index is 418. The maximum atomic E-state index is 12.3. The van der Waals surface area contributed by atoms with Gasteiger partial charge in [0.05, 0.1) is 0 Å². The van der Waals surface area contributed by atoms with Crippen molar-refractivity contribution >= 4 is 5.91 Å². The molecule has 4 heteroatoms. The van der Waals surface area contributed by atoms with Gasteiger partial charge in [-0.1, -0.05) is 32.8 Å². The number of amides is 1. The summed E-state index contributed by atoms with van der Waals surface area (Å²) in [6, 6.07) is 4.69. The van der Waals surface area contributed by atoms with Crippen LogP contribution in [0.2, 0.25) is 0 Å². The Morgan fingerprint density at radius 2 is 1.78 bits per heavy atom. The van der Waals surface area contributed by atoms with Crippen LogP contribution in [0.25, 0.3) is 0 Å². The number of pyridine rings is 1. The third kappa shape index (κ3) is 4.35. The molecule has 1 amide bonds. The second-order valence-corrected chi connectivity index (χ2v) is 4.43. The van der Waals surface area contributed by atoms with Crippen molar-refractivity contribution in [3.05, 3.63) is 34.2 Å². The van der Waals surface area contributed by atoms with E-state index in [-0.39, 0.29) is 11.5 Å². The molecule has 0 aromatic carbocycles. The summed E-state index contributed by atoms with van der Waals surface area (Å²) in [5.74, 6) is -0.0744. The Hall–Kier alpha value is -1.58. The first-order valence-corrected chi connectivity index (χ1v) is 6.67. The van der Waals surface area contributed by atoms with Gasteiger partial charge in [-0.05, 0) is 18.9 Å². The summed E-state index contributed by atoms with van der Waals surface area (Å²) >= 11 is 0. The SMILES string of the molecule is CCCCN(CCCC)C(=O)c1cccc(=O)[nH]1. The predicted molar refractivity (Wildman–Crippen MR) is 72.8 cm³/mol. The third-order valence-electron chi connectivity index (χ3n) is 2.85. The van der Waals surface area contributed by atoms with Crippen molar-refractivity contribution in [3.8, 4) is 0 Å². The summed E-state index contributed by atoms with van der Waals surface area (Å²) in [6.07, 6.45) is 4.10. The van der Waals surface area contributed by atoms with Crippen LogP contribution in [0.5, 0.6) is 0 Å². The average Bonchev–Trinajstić information content (AvgIpc) is 2.38. The normalized spacial score (nSPS) is 10.3. The zero-order chi connectivity index (χ0) is 13.4. The van der Waals surface area contributed by atoms with Crippen LogP contribution >= 0.6 is 0 Å². The minimum absolute atomic E-state index is 0.0744. The fraction of sp³-hybridized carbons (Fsp3) is 0.571. The lowest BCUT2D eigenvalue weighted by atomic mass is 10.2. The van der Waals surface area contributed by atoms with Crippen molar-refractivity contribution in [2.45, 2.75) is 39.5 Å². The highest BCUT2D eigenvalue weighted by atomic mass is 16.2. The molecule has 1 N–H and O–H groups in total. The van der Waals surface area contributed by atoms with Gasteiger partial charge in [-0.3, -0.25) is 9.59 Å². The first-order chi connectivity index (χ1) is 8.69. The highest BCUT2D eigenvalue weighted by molar-refractivity contribution is 5.92. The molecule has 1 aromatic rings. The van der Waals surface area contributed by atoms with Crippen molar-refractivity contribution in [1.29, 1.82) is 0 Å². The van der Waals surface area contributed by atoms with E-state index in [9.17, 15) is 9.59 Å². The fourth-order valence-corrected chi connectivity index (χ4v) is 1.76. The zero-order valence-corrected chi connectivity index (χ0v) is 11.2. The number of rotatable bonds is 7. The third-order valence-corrected chi connectivity index (χ3v) is 2.85. The maximum absolute atomic E-state index is 12.3. The number of hydrogen-bond acceptors (Lipinski definition) is 2. The number of unbranched alkanes of at least 4 members (excludes halogenated alkanes) is 2. The molecule has 4 nitrogen and oxygen atoms in total. The minimum Gasteiger partial charge on any atom is -0.337 e. The van der Waals surface area contributed by atoms with Crippen LogP contribution in [0.15, 0.2) is 23.0 Å². The number of carbonyl (C=O) groups excluding carboxylic acids is 1. The van der Waals surface area contributed by atoms with Gasteiger partial charge in [0.25, 0.3) is 5.91 Å². The molecule has 0 bridgehead atoms. The summed E-state index contributed by atoms with van der Waals surface area (Å²) in [4.78, 5) is 27.9. The lowest BCUT2D eigenvalue weighted by Crippen LogP contribution is -2.34. The van der Waals surface area contributed by atoms with Crippen LogP contribution in [0.3, 0.4) is 0 Å². The van der Waals surface area contributed by atoms with Crippen LogP contribution < -0.4 is 5.56 Å². The summed E-state index contributed by atoms with van der Waals surface area (Å²) in [6.45, 7) is 5.72. The molecular formula is C14H22N2O2. The number of aromatic nitrogens is 1. The van der Waals surface area contributed by atoms with E-state index in [0.717, 1.165) is 38.8 Å². The molecule has 1 heterocycles. The summed E-state index contributed by atoms with van der Waals surface area (Å²) in [5.41, 5.74) is 0.154. The van der Waals surface area contributed by atoms with Gasteiger partial charge in [0.15, 0.2) is 0 Å². The molecular weight excluding hydrogens is 228 g/mol. The minimum atomic E-state index is -0.230. The van der Waals surface area contributed by atoms with Crippen molar-refractivity contribution in [3.63, 3.8) is 0 Å². The molecule has 0 saturated heterocycles. The molecule has 100 valence electrons. The second kappa shape index (κ2) is 7.69. The van der Waals surface area contributed by atoms with Crippen molar-refractivity contribution in [2.75, 3.05) is 13.1 Å². The standard InChI is InChI=1S/C14H22N2O2/c1-3-5-10-16(11-6-4-2)14(18)12-8-7-9-13(17)15-12/h7-9H,3-6,10-11H2,1-2H3,(H,15,17). The van der Waals surface area contributed by atoms with E-state index in [1.165, 1.54) is 6.07 Å². The molecule has 18 heavy (non-hydrogen) atoms. The van der Waals surface area contributed by atoms with Crippen molar-refractivity contribution < 1.29 is 4.79 Å². The molecule has 1 aromatic heterocycles. The molecule has 0 aliphatic heterocycles. The van der Waals surface area contributed by atoms with E-state index in [1.54, 1.807) is 12.1 Å². The topological polar surface area (TPSA) is 53.2 Å². The number of hydrogen-bond donors (Lipinski definition) is 1. The number of carbonyl (C=O) groups is 1. The van der Waals surface area contributed by atoms with E-state index < -0.39 is 0 Å². The van der Waals surface area contributed by atoms with Gasteiger partial charge in [0.2, 0.25) is 5.56 Å². The van der Waals surface area contributed by atoms with Crippen molar-refractivity contribution in [1.82, 2.24) is 9.88 Å². The van der Waals surface area contributed by atoms with Gasteiger partial charge < -0.3 is 9.88 Å². The maximum Gasteiger partial charge on any atom is 0.270 e. The van der Waals surface area contributed by atoms with Crippen molar-refractivity contribution in [2.24, 2.45) is 0 Å². The first kappa shape index (κ1) is 14.5. The fourth-order valence-electron chi connectivity index (χ4n) is 1.76. The molecule has 1 rings (SSSR count). The van der Waals surface area contributed by atoms with Crippen LogP contribution in [0.1, 0.15) is 50.0 Å². The summed E-state index contributed by atoms with van der Waals surface area (Å²) in [5, 5.41) is 0. The summed E-state index contributed by atoms with van der Waals surface area (Å²) < 4.78 is 0. The Morgan fingerprint density at radius 3 is 2.28 bits per heavy atom. The number of H-pyrrole nitrogens is 1. The molecule has 0 fully saturated rings. The van der Waals surface area contributed by atoms with Crippen LogP contribution in [-0.2, 0) is 0 Å². The Morgan fingerprint density at radius 1 is 1.17 bits per heavy atom. The predicted octanol–water partition coefficient (Wildman–Crippen LogP) is 2.42. The highest BCUT2D eigenvalue weighted by Crippen LogP contribution is 2.05. The number of nitrogens with zero attached hydrogens (tertiary/aromatic N) is 1. The lowest BCUT2D eigenvalue weighted by molar-refractivity contribution is 0.0745. The van der Waals surface area contributed by atoms with E-state index >= 15 is 0 Å². The van der Waals surface area contributed by atoms with Crippen LogP contribution in [0.4, 0.5) is 0 Å². The Labute approximate surface area is 108 Å². The molecule has 0 aliphatic rings. The first-order valence-electron chi connectivity index (χ1n) is 6.67. The monoisotopic (exact) mass is 250 g/mol. The van der Waals surface area contributed by atoms with Gasteiger partial charge in [0, 0.05) is 19.2 Å². The van der Waals surface area contributed by atoms with E-state index in [4.69, 9.17) is 0 Å². The van der Waals surface area contributed by atoms with Gasteiger partial charge in [-0.2, -0.15) is 0 Å². The molecule has 0 unspecified atom stereocenters. The van der Waals surface area contributed by atoms with E-state index in [1.807, 2.05) is 4.90 Å². The van der Waals surface area contributed by atoms with Gasteiger partial charge in [-0.25, -0.2) is 0 Å².